The number of nitrogens with zero attached hydrogens (tertiary/aromatic N) is 2. The first-order valence-electron chi connectivity index (χ1n) is 15.2. The Hall–Kier alpha value is -3.87. The zero-order valence-electron chi connectivity index (χ0n) is 26.8. The average Bonchev–Trinajstić information content (AvgIpc) is 3.41. The van der Waals surface area contributed by atoms with E-state index in [0.29, 0.717) is 62.4 Å². The molecule has 0 aliphatic carbocycles. The molecule has 5 aromatic rings. The topological polar surface area (TPSA) is 88.4 Å². The molecule has 1 aliphatic rings. The van der Waals surface area contributed by atoms with Crippen molar-refractivity contribution in [1.29, 1.82) is 0 Å². The first-order chi connectivity index (χ1) is 24.1. The summed E-state index contributed by atoms with van der Waals surface area (Å²) in [5.74, 6) is 0.944. The molecule has 2 heterocycles. The number of fused-ring (bicyclic) bond motifs is 1. The van der Waals surface area contributed by atoms with Gasteiger partial charge in [-0.15, -0.1) is 0 Å². The number of hydrogen-bond acceptors (Lipinski definition) is 8. The Kier molecular flexibility index (Phi) is 11.2. The van der Waals surface area contributed by atoms with E-state index in [-0.39, 0.29) is 24.3 Å². The maximum atomic E-state index is 14.4. The number of esters is 1. The van der Waals surface area contributed by atoms with Crippen LogP contribution in [-0.4, -0.2) is 31.4 Å². The molecule has 0 bridgehead atoms. The summed E-state index contributed by atoms with van der Waals surface area (Å²) in [6.07, 6.45) is 1.78. The van der Waals surface area contributed by atoms with Crippen LogP contribution in [0.5, 0.6) is 17.2 Å². The van der Waals surface area contributed by atoms with Crippen LogP contribution in [0.3, 0.4) is 0 Å². The predicted molar refractivity (Wildman–Crippen MR) is 203 cm³/mol. The van der Waals surface area contributed by atoms with Crippen molar-refractivity contribution in [2.24, 2.45) is 4.99 Å². The Morgan fingerprint density at radius 1 is 0.960 bits per heavy atom. The summed E-state index contributed by atoms with van der Waals surface area (Å²) < 4.78 is 26.0. The number of rotatable bonds is 10. The third kappa shape index (κ3) is 7.29. The Morgan fingerprint density at radius 2 is 1.68 bits per heavy atom. The van der Waals surface area contributed by atoms with Crippen molar-refractivity contribution < 1.29 is 23.7 Å². The molecule has 0 fully saturated rings. The summed E-state index contributed by atoms with van der Waals surface area (Å²) in [4.78, 5) is 33.5. The van der Waals surface area contributed by atoms with Gasteiger partial charge in [-0.2, -0.15) is 0 Å². The molecule has 0 N–H and O–H groups in total. The standard InChI is InChI=1S/C37H28Br2Cl2N2O6S/c1-4-48-36(45)31-32(21-8-6-5-7-9-21)42-37-43(33(31)22-11-13-28(46-2)29(17-22)47-3)35(44)30(50-37)16-20-14-25(38)34(26(39)15-20)49-19-23-10-12-24(40)18-27(23)41/h5-18,33H,4,19H2,1-3H3/b30-16-/t33-/m0/s1. The van der Waals surface area contributed by atoms with Crippen LogP contribution in [0.2, 0.25) is 10.0 Å². The molecule has 256 valence electrons. The quantitative estimate of drug-likeness (QED) is 0.131. The molecule has 6 rings (SSSR count). The summed E-state index contributed by atoms with van der Waals surface area (Å²) in [7, 11) is 3.08. The number of carbonyl (C=O) groups excluding carboxylic acids is 1. The van der Waals surface area contributed by atoms with Gasteiger partial charge >= 0.3 is 5.97 Å². The van der Waals surface area contributed by atoms with Gasteiger partial charge in [-0.05, 0) is 92.4 Å². The van der Waals surface area contributed by atoms with Crippen LogP contribution in [0.4, 0.5) is 0 Å². The number of ether oxygens (including phenoxy) is 4. The summed E-state index contributed by atoms with van der Waals surface area (Å²) in [6, 6.07) is 22.7. The smallest absolute Gasteiger partial charge is 0.338 e. The fourth-order valence-corrected chi connectivity index (χ4v) is 8.43. The molecular formula is C37H28Br2Cl2N2O6S. The molecule has 0 saturated heterocycles. The Bertz CT molecular complexity index is 2300. The van der Waals surface area contributed by atoms with Gasteiger partial charge in [-0.3, -0.25) is 9.36 Å². The van der Waals surface area contributed by atoms with Gasteiger partial charge in [0.05, 0.1) is 51.6 Å². The molecule has 0 spiro atoms. The number of methoxy groups -OCH3 is 2. The molecule has 50 heavy (non-hydrogen) atoms. The number of thiazole rings is 1. The van der Waals surface area contributed by atoms with Gasteiger partial charge in [0.25, 0.3) is 5.56 Å². The highest BCUT2D eigenvalue weighted by Gasteiger charge is 2.35. The largest absolute Gasteiger partial charge is 0.493 e. The lowest BCUT2D eigenvalue weighted by atomic mass is 9.93. The highest BCUT2D eigenvalue weighted by molar-refractivity contribution is 9.11. The molecule has 4 aromatic carbocycles. The van der Waals surface area contributed by atoms with Crippen LogP contribution in [-0.2, 0) is 16.1 Å². The minimum absolute atomic E-state index is 0.143. The SMILES string of the molecule is CCOC(=O)C1=C(c2ccccc2)N=c2s/c(=C\c3cc(Br)c(OCc4ccc(Cl)cc4Cl)c(Br)c3)c(=O)n2[C@H]1c1ccc(OC)c(OC)c1. The van der Waals surface area contributed by atoms with Crippen molar-refractivity contribution in [2.45, 2.75) is 19.6 Å². The number of hydrogen-bond donors (Lipinski definition) is 0. The predicted octanol–water partition coefficient (Wildman–Crippen LogP) is 8.36. The zero-order chi connectivity index (χ0) is 35.5. The van der Waals surface area contributed by atoms with E-state index in [1.165, 1.54) is 23.0 Å². The molecule has 8 nitrogen and oxygen atoms in total. The second kappa shape index (κ2) is 15.6. The van der Waals surface area contributed by atoms with Gasteiger partial charge in [-0.1, -0.05) is 77.0 Å². The van der Waals surface area contributed by atoms with Gasteiger partial charge in [0, 0.05) is 21.2 Å². The van der Waals surface area contributed by atoms with E-state index in [4.69, 9.17) is 47.1 Å². The third-order valence-electron chi connectivity index (χ3n) is 7.80. The van der Waals surface area contributed by atoms with E-state index in [2.05, 4.69) is 31.9 Å². The first-order valence-corrected chi connectivity index (χ1v) is 18.4. The van der Waals surface area contributed by atoms with Crippen molar-refractivity contribution in [2.75, 3.05) is 20.8 Å². The van der Waals surface area contributed by atoms with Gasteiger partial charge in [0.2, 0.25) is 0 Å². The fraction of sp³-hybridized carbons (Fsp3) is 0.162. The Balaban J connectivity index is 1.49. The van der Waals surface area contributed by atoms with E-state index >= 15 is 0 Å². The molecule has 0 unspecified atom stereocenters. The summed E-state index contributed by atoms with van der Waals surface area (Å²) in [6.45, 7) is 2.10. The van der Waals surface area contributed by atoms with Crippen LogP contribution >= 0.6 is 66.4 Å². The highest BCUT2D eigenvalue weighted by atomic mass is 79.9. The molecule has 1 aromatic heterocycles. The van der Waals surface area contributed by atoms with Crippen molar-refractivity contribution in [3.05, 3.63) is 145 Å². The summed E-state index contributed by atoms with van der Waals surface area (Å²) in [5, 5.41) is 1.05. The van der Waals surface area contributed by atoms with E-state index in [0.717, 1.165) is 11.1 Å². The summed E-state index contributed by atoms with van der Waals surface area (Å²) >= 11 is 20.8. The van der Waals surface area contributed by atoms with Crippen LogP contribution in [0.15, 0.2) is 103 Å². The molecule has 13 heteroatoms. The second-order valence-corrected chi connectivity index (χ2v) is 14.4. The molecule has 1 atom stereocenters. The van der Waals surface area contributed by atoms with Crippen LogP contribution in [0, 0.1) is 0 Å². The van der Waals surface area contributed by atoms with E-state index in [1.54, 1.807) is 50.4 Å². The van der Waals surface area contributed by atoms with Crippen LogP contribution in [0.1, 0.15) is 35.2 Å². The Morgan fingerprint density at radius 3 is 2.34 bits per heavy atom. The summed E-state index contributed by atoms with van der Waals surface area (Å²) in [5.41, 5.74) is 3.16. The molecule has 0 radical (unpaired) electrons. The van der Waals surface area contributed by atoms with Crippen molar-refractivity contribution in [3.8, 4) is 17.2 Å². The average molecular weight is 859 g/mol. The second-order valence-electron chi connectivity index (χ2n) is 10.9. The molecule has 0 amide bonds. The van der Waals surface area contributed by atoms with Crippen LogP contribution < -0.4 is 29.1 Å². The van der Waals surface area contributed by atoms with Crippen molar-refractivity contribution >= 4 is 84.1 Å². The van der Waals surface area contributed by atoms with Crippen molar-refractivity contribution in [3.63, 3.8) is 0 Å². The number of aromatic nitrogens is 1. The number of halogens is 4. The normalized spacial score (nSPS) is 14.2. The minimum Gasteiger partial charge on any atom is -0.493 e. The number of carbonyl (C=O) groups is 1. The highest BCUT2D eigenvalue weighted by Crippen LogP contribution is 2.39. The maximum Gasteiger partial charge on any atom is 0.338 e. The van der Waals surface area contributed by atoms with Gasteiger partial charge in [0.1, 0.15) is 12.4 Å². The van der Waals surface area contributed by atoms with Crippen LogP contribution in [0.25, 0.3) is 11.8 Å². The monoisotopic (exact) mass is 856 g/mol. The maximum absolute atomic E-state index is 14.4. The van der Waals surface area contributed by atoms with Gasteiger partial charge in [-0.25, -0.2) is 9.79 Å². The third-order valence-corrected chi connectivity index (χ3v) is 10.6. The molecular weight excluding hydrogens is 831 g/mol. The Labute approximate surface area is 318 Å². The lowest BCUT2D eigenvalue weighted by Gasteiger charge is -2.26. The van der Waals surface area contributed by atoms with E-state index < -0.39 is 12.0 Å². The number of benzene rings is 4. The first kappa shape index (κ1) is 35.9. The van der Waals surface area contributed by atoms with Gasteiger partial charge < -0.3 is 18.9 Å². The minimum atomic E-state index is -0.878. The zero-order valence-corrected chi connectivity index (χ0v) is 32.3. The van der Waals surface area contributed by atoms with E-state index in [9.17, 15) is 9.59 Å². The lowest BCUT2D eigenvalue weighted by molar-refractivity contribution is -0.138. The molecule has 1 aliphatic heterocycles. The van der Waals surface area contributed by atoms with E-state index in [1.807, 2.05) is 48.5 Å². The van der Waals surface area contributed by atoms with Gasteiger partial charge in [0.15, 0.2) is 16.3 Å². The molecule has 0 saturated carbocycles. The fourth-order valence-electron chi connectivity index (χ4n) is 5.52. The lowest BCUT2D eigenvalue weighted by Crippen LogP contribution is -2.40. The van der Waals surface area contributed by atoms with Crippen molar-refractivity contribution in [1.82, 2.24) is 4.57 Å².